The molecule has 1 N–H and O–H groups in total. The van der Waals surface area contributed by atoms with Crippen molar-refractivity contribution in [2.75, 3.05) is 0 Å². The lowest BCUT2D eigenvalue weighted by atomic mass is 9.92. The maximum atomic E-state index is 9.50. The summed E-state index contributed by atoms with van der Waals surface area (Å²) in [6.45, 7) is 6.32. The number of pyridine rings is 1. The van der Waals surface area contributed by atoms with Crippen molar-refractivity contribution in [3.05, 3.63) is 30.1 Å². The van der Waals surface area contributed by atoms with Crippen LogP contribution in [0, 0.1) is 0 Å². The average molecular weight is 190 g/mol. The molecule has 3 heteroatoms. The van der Waals surface area contributed by atoms with Gasteiger partial charge in [0.15, 0.2) is 5.82 Å². The Labute approximate surface area is 83.3 Å². The van der Waals surface area contributed by atoms with Crippen LogP contribution in [0.3, 0.4) is 0 Å². The first-order chi connectivity index (χ1) is 6.48. The van der Waals surface area contributed by atoms with Gasteiger partial charge in [-0.2, -0.15) is 4.73 Å². The third kappa shape index (κ3) is 1.35. The van der Waals surface area contributed by atoms with Gasteiger partial charge >= 0.3 is 0 Å². The Bertz CT molecular complexity index is 426. The number of hydrogen-bond donors (Lipinski definition) is 1. The van der Waals surface area contributed by atoms with Crippen LogP contribution in [0.4, 0.5) is 0 Å². The van der Waals surface area contributed by atoms with Crippen LogP contribution in [-0.4, -0.2) is 14.9 Å². The molecule has 0 aliphatic carbocycles. The predicted octanol–water partition coefficient (Wildman–Crippen LogP) is 2.52. The van der Waals surface area contributed by atoms with E-state index in [1.54, 1.807) is 12.3 Å². The van der Waals surface area contributed by atoms with Crippen LogP contribution in [0.2, 0.25) is 0 Å². The summed E-state index contributed by atoms with van der Waals surface area (Å²) in [4.78, 5) is 4.40. The van der Waals surface area contributed by atoms with Gasteiger partial charge in [0.1, 0.15) is 0 Å². The Morgan fingerprint density at radius 2 is 2.07 bits per heavy atom. The Kier molecular flexibility index (Phi) is 1.77. The monoisotopic (exact) mass is 190 g/mol. The molecular weight excluding hydrogens is 176 g/mol. The smallest absolute Gasteiger partial charge is 0.175 e. The minimum atomic E-state index is 0.0199. The molecule has 0 aromatic carbocycles. The number of fused-ring (bicyclic) bond motifs is 1. The zero-order valence-corrected chi connectivity index (χ0v) is 8.65. The van der Waals surface area contributed by atoms with Crippen molar-refractivity contribution in [3.63, 3.8) is 0 Å². The average Bonchev–Trinajstić information content (AvgIpc) is 2.48. The standard InChI is InChI=1S/C11H14N2O/c1-11(2,3)9-7-8-5-4-6-13(14)10(8)12-9/h4-7,14H,1-3H3. The Morgan fingerprint density at radius 1 is 1.36 bits per heavy atom. The van der Waals surface area contributed by atoms with Crippen LogP contribution in [0.5, 0.6) is 0 Å². The van der Waals surface area contributed by atoms with Crippen molar-refractivity contribution in [3.8, 4) is 11.4 Å². The molecule has 0 aromatic heterocycles. The van der Waals surface area contributed by atoms with Crippen molar-refractivity contribution >= 4 is 0 Å². The number of aromatic nitrogens is 2. The van der Waals surface area contributed by atoms with Gasteiger partial charge < -0.3 is 5.21 Å². The molecule has 3 nitrogen and oxygen atoms in total. The molecule has 2 aliphatic rings. The molecule has 14 heavy (non-hydrogen) atoms. The maximum absolute atomic E-state index is 9.50. The van der Waals surface area contributed by atoms with E-state index in [1.807, 2.05) is 12.1 Å². The second-order valence-electron chi connectivity index (χ2n) is 4.52. The third-order valence-corrected chi connectivity index (χ3v) is 2.27. The van der Waals surface area contributed by atoms with Gasteiger partial charge in [-0.25, -0.2) is 4.98 Å². The molecule has 0 fully saturated rings. The van der Waals surface area contributed by atoms with E-state index in [0.717, 1.165) is 16.0 Å². The highest BCUT2D eigenvalue weighted by atomic mass is 16.5. The summed E-state index contributed by atoms with van der Waals surface area (Å²) in [5, 5.41) is 9.50. The molecular formula is C11H14N2O. The zero-order valence-electron chi connectivity index (χ0n) is 8.65. The van der Waals surface area contributed by atoms with Crippen LogP contribution in [0.25, 0.3) is 11.4 Å². The van der Waals surface area contributed by atoms with E-state index in [4.69, 9.17) is 0 Å². The van der Waals surface area contributed by atoms with Gasteiger partial charge in [0.2, 0.25) is 0 Å². The van der Waals surface area contributed by atoms with Gasteiger partial charge in [-0.15, -0.1) is 0 Å². The second-order valence-corrected chi connectivity index (χ2v) is 4.52. The van der Waals surface area contributed by atoms with Gasteiger partial charge in [0.25, 0.3) is 0 Å². The lowest BCUT2D eigenvalue weighted by Crippen LogP contribution is -2.11. The Morgan fingerprint density at radius 3 is 2.64 bits per heavy atom. The lowest BCUT2D eigenvalue weighted by molar-refractivity contribution is 0.186. The molecule has 0 saturated carbocycles. The normalized spacial score (nSPS) is 12.2. The molecule has 0 saturated heterocycles. The predicted molar refractivity (Wildman–Crippen MR) is 54.7 cm³/mol. The van der Waals surface area contributed by atoms with E-state index in [9.17, 15) is 5.21 Å². The number of nitrogens with zero attached hydrogens (tertiary/aromatic N) is 2. The van der Waals surface area contributed by atoms with Crippen molar-refractivity contribution in [2.24, 2.45) is 0 Å². The summed E-state index contributed by atoms with van der Waals surface area (Å²) in [7, 11) is 0. The van der Waals surface area contributed by atoms with Crippen LogP contribution in [0.1, 0.15) is 26.5 Å². The van der Waals surface area contributed by atoms with Gasteiger partial charge in [0.05, 0.1) is 0 Å². The van der Waals surface area contributed by atoms with Crippen molar-refractivity contribution in [1.82, 2.24) is 9.71 Å². The van der Waals surface area contributed by atoms with E-state index in [2.05, 4.69) is 25.8 Å². The fraction of sp³-hybridized carbons (Fsp3) is 0.364. The molecule has 0 aromatic rings. The highest BCUT2D eigenvalue weighted by Gasteiger charge is 2.21. The van der Waals surface area contributed by atoms with E-state index >= 15 is 0 Å². The molecule has 74 valence electrons. The van der Waals surface area contributed by atoms with Crippen molar-refractivity contribution in [1.29, 1.82) is 0 Å². The zero-order chi connectivity index (χ0) is 10.3. The second kappa shape index (κ2) is 2.74. The largest absolute Gasteiger partial charge is 0.427 e. The van der Waals surface area contributed by atoms with E-state index < -0.39 is 0 Å². The molecule has 0 radical (unpaired) electrons. The molecule has 2 heterocycles. The SMILES string of the molecule is CC(C)(C)c1cc2cccn(O)c-2n1. The summed E-state index contributed by atoms with van der Waals surface area (Å²) in [5.41, 5.74) is 1.99. The molecule has 2 rings (SSSR count). The van der Waals surface area contributed by atoms with Crippen molar-refractivity contribution in [2.45, 2.75) is 26.2 Å². The fourth-order valence-electron chi connectivity index (χ4n) is 1.41. The summed E-state index contributed by atoms with van der Waals surface area (Å²) in [6.07, 6.45) is 1.59. The number of rotatable bonds is 0. The minimum Gasteiger partial charge on any atom is -0.427 e. The Hall–Kier alpha value is -1.51. The minimum absolute atomic E-state index is 0.0199. The molecule has 0 amide bonds. The molecule has 0 spiro atoms. The highest BCUT2D eigenvalue weighted by molar-refractivity contribution is 5.59. The number of hydrogen-bond acceptors (Lipinski definition) is 2. The first-order valence-electron chi connectivity index (χ1n) is 4.66. The van der Waals surface area contributed by atoms with Crippen LogP contribution < -0.4 is 0 Å². The summed E-state index contributed by atoms with van der Waals surface area (Å²) < 4.78 is 1.06. The molecule has 0 bridgehead atoms. The topological polar surface area (TPSA) is 38.0 Å². The van der Waals surface area contributed by atoms with Crippen LogP contribution >= 0.6 is 0 Å². The van der Waals surface area contributed by atoms with Gasteiger partial charge in [0, 0.05) is 22.9 Å². The Balaban J connectivity index is 2.63. The molecule has 0 unspecified atom stereocenters. The van der Waals surface area contributed by atoms with Crippen LogP contribution in [0.15, 0.2) is 24.4 Å². The summed E-state index contributed by atoms with van der Waals surface area (Å²) in [5.74, 6) is 0.623. The summed E-state index contributed by atoms with van der Waals surface area (Å²) in [6, 6.07) is 5.77. The fourth-order valence-corrected chi connectivity index (χ4v) is 1.41. The van der Waals surface area contributed by atoms with E-state index in [0.29, 0.717) is 5.82 Å². The molecule has 0 atom stereocenters. The van der Waals surface area contributed by atoms with Gasteiger partial charge in [-0.05, 0) is 18.2 Å². The van der Waals surface area contributed by atoms with Crippen LogP contribution in [-0.2, 0) is 5.41 Å². The van der Waals surface area contributed by atoms with E-state index in [1.165, 1.54) is 0 Å². The van der Waals surface area contributed by atoms with E-state index in [-0.39, 0.29) is 5.41 Å². The molecule has 2 aliphatic heterocycles. The first kappa shape index (κ1) is 9.06. The first-order valence-corrected chi connectivity index (χ1v) is 4.66. The maximum Gasteiger partial charge on any atom is 0.175 e. The van der Waals surface area contributed by atoms with Gasteiger partial charge in [-0.3, -0.25) is 0 Å². The van der Waals surface area contributed by atoms with Crippen molar-refractivity contribution < 1.29 is 5.21 Å². The lowest BCUT2D eigenvalue weighted by Gasteiger charge is -2.14. The highest BCUT2D eigenvalue weighted by Crippen LogP contribution is 2.28. The quantitative estimate of drug-likeness (QED) is 0.648. The third-order valence-electron chi connectivity index (χ3n) is 2.27. The summed E-state index contributed by atoms with van der Waals surface area (Å²) >= 11 is 0. The van der Waals surface area contributed by atoms with Gasteiger partial charge in [-0.1, -0.05) is 20.8 Å².